The molecule has 0 heterocycles. The molecule has 3 aromatic carbocycles. The smallest absolute Gasteiger partial charge is 0.306 e. The summed E-state index contributed by atoms with van der Waals surface area (Å²) in [6, 6.07) is 25.9. The quantitative estimate of drug-likeness (QED) is 0.214. The van der Waals surface area contributed by atoms with Crippen molar-refractivity contribution in [3.05, 3.63) is 95.6 Å². The number of carboxylic acids is 1. The van der Waals surface area contributed by atoms with Crippen LogP contribution in [0.2, 0.25) is 0 Å². The van der Waals surface area contributed by atoms with E-state index in [1.807, 2.05) is 73.8 Å². The van der Waals surface area contributed by atoms with Gasteiger partial charge in [-0.1, -0.05) is 80.8 Å². The highest BCUT2D eigenvalue weighted by molar-refractivity contribution is 5.78. The topological polar surface area (TPSA) is 102 Å². The minimum absolute atomic E-state index is 0.0983. The van der Waals surface area contributed by atoms with Crippen LogP contribution in [0.1, 0.15) is 62.1 Å². The number of hydrogen-bond acceptors (Lipinski definition) is 5. The number of amides is 1. The number of carbonyl (C=O) groups excluding carboxylic acids is 1. The summed E-state index contributed by atoms with van der Waals surface area (Å²) >= 11 is 0. The standard InChI is InChI=1S/C30H35NO5.C6H13N/c1-23(30(33)34)21-25-9-13-27(14-10-25)35-19-6-20-36-28-15-11-26(12-16-28)22-29(32)31(2)18-17-24-7-4-3-5-8-24;7-6-4-2-1-3-5-6/h3-5,7-16,23H,6,17-22H2,1-2H3,(H,33,34);6H,1-5,7H2. The maximum Gasteiger partial charge on any atom is 0.306 e. The molecule has 1 unspecified atom stereocenters. The summed E-state index contributed by atoms with van der Waals surface area (Å²) in [6.45, 7) is 3.44. The summed E-state index contributed by atoms with van der Waals surface area (Å²) in [5.41, 5.74) is 8.80. The fraction of sp³-hybridized carbons (Fsp3) is 0.444. The van der Waals surface area contributed by atoms with Crippen LogP contribution in [0.5, 0.6) is 11.5 Å². The van der Waals surface area contributed by atoms with Gasteiger partial charge in [0.2, 0.25) is 5.91 Å². The molecule has 1 aliphatic rings. The third-order valence-electron chi connectivity index (χ3n) is 7.65. The first-order valence-corrected chi connectivity index (χ1v) is 15.5. The van der Waals surface area contributed by atoms with Gasteiger partial charge in [-0.15, -0.1) is 0 Å². The van der Waals surface area contributed by atoms with Crippen LogP contribution in [-0.4, -0.2) is 54.7 Å². The molecule has 7 nitrogen and oxygen atoms in total. The molecule has 0 radical (unpaired) electrons. The SMILES string of the molecule is CC(Cc1ccc(OCCCOc2ccc(CC(=O)N(C)CCc3ccccc3)cc2)cc1)C(=O)O.NC1CCCCC1. The molecule has 232 valence electrons. The van der Waals surface area contributed by atoms with E-state index >= 15 is 0 Å². The average molecular weight is 589 g/mol. The molecule has 0 aromatic heterocycles. The number of carbonyl (C=O) groups is 2. The van der Waals surface area contributed by atoms with E-state index in [-0.39, 0.29) is 5.91 Å². The monoisotopic (exact) mass is 588 g/mol. The summed E-state index contributed by atoms with van der Waals surface area (Å²) in [6.07, 6.45) is 9.10. The Hall–Kier alpha value is -3.84. The number of ether oxygens (including phenoxy) is 2. The third-order valence-corrected chi connectivity index (χ3v) is 7.65. The highest BCUT2D eigenvalue weighted by atomic mass is 16.5. The molecule has 7 heteroatoms. The van der Waals surface area contributed by atoms with Gasteiger partial charge in [0, 0.05) is 26.1 Å². The molecule has 1 amide bonds. The first-order valence-electron chi connectivity index (χ1n) is 15.5. The van der Waals surface area contributed by atoms with Gasteiger partial charge in [0.25, 0.3) is 0 Å². The first kappa shape index (κ1) is 33.7. The lowest BCUT2D eigenvalue weighted by atomic mass is 9.97. The predicted octanol–water partition coefficient (Wildman–Crippen LogP) is 6.32. The van der Waals surface area contributed by atoms with E-state index in [1.165, 1.54) is 37.7 Å². The number of likely N-dealkylation sites (N-methyl/N-ethyl adjacent to an activating group) is 1. The summed E-state index contributed by atoms with van der Waals surface area (Å²) in [4.78, 5) is 25.3. The average Bonchev–Trinajstić information content (AvgIpc) is 3.02. The zero-order chi connectivity index (χ0) is 30.9. The van der Waals surface area contributed by atoms with Crippen LogP contribution in [-0.2, 0) is 28.9 Å². The first-order chi connectivity index (χ1) is 20.8. The van der Waals surface area contributed by atoms with E-state index in [1.54, 1.807) is 11.8 Å². The van der Waals surface area contributed by atoms with Crippen molar-refractivity contribution in [2.45, 2.75) is 70.8 Å². The lowest BCUT2D eigenvalue weighted by Gasteiger charge is -2.17. The highest BCUT2D eigenvalue weighted by Gasteiger charge is 2.12. The van der Waals surface area contributed by atoms with Gasteiger partial charge in [-0.05, 0) is 66.6 Å². The molecule has 4 rings (SSSR count). The van der Waals surface area contributed by atoms with Gasteiger partial charge in [-0.3, -0.25) is 9.59 Å². The number of nitrogens with two attached hydrogens (primary N) is 1. The number of carboxylic acid groups (broad SMARTS) is 1. The van der Waals surface area contributed by atoms with Crippen LogP contribution in [0.15, 0.2) is 78.9 Å². The molecular formula is C36H48N2O5. The molecule has 3 aromatic rings. The van der Waals surface area contributed by atoms with Crippen LogP contribution in [0.3, 0.4) is 0 Å². The molecule has 3 N–H and O–H groups in total. The van der Waals surface area contributed by atoms with Crippen molar-refractivity contribution in [2.75, 3.05) is 26.8 Å². The number of rotatable bonds is 14. The van der Waals surface area contributed by atoms with E-state index in [0.717, 1.165) is 35.5 Å². The van der Waals surface area contributed by atoms with Crippen molar-refractivity contribution in [1.29, 1.82) is 0 Å². The number of benzene rings is 3. The van der Waals surface area contributed by atoms with Crippen molar-refractivity contribution in [3.8, 4) is 11.5 Å². The molecule has 0 aliphatic heterocycles. The fourth-order valence-corrected chi connectivity index (χ4v) is 4.82. The van der Waals surface area contributed by atoms with Crippen LogP contribution in [0, 0.1) is 5.92 Å². The summed E-state index contributed by atoms with van der Waals surface area (Å²) in [7, 11) is 1.85. The van der Waals surface area contributed by atoms with Gasteiger partial charge in [0.15, 0.2) is 0 Å². The fourth-order valence-electron chi connectivity index (χ4n) is 4.82. The van der Waals surface area contributed by atoms with Crippen molar-refractivity contribution < 1.29 is 24.2 Å². The Bertz CT molecular complexity index is 1210. The molecule has 0 saturated heterocycles. The second-order valence-electron chi connectivity index (χ2n) is 11.4. The Kier molecular flexibility index (Phi) is 14.6. The molecule has 1 fully saturated rings. The molecule has 0 spiro atoms. The van der Waals surface area contributed by atoms with E-state index in [9.17, 15) is 9.59 Å². The zero-order valence-corrected chi connectivity index (χ0v) is 25.8. The van der Waals surface area contributed by atoms with Crippen molar-refractivity contribution in [3.63, 3.8) is 0 Å². The van der Waals surface area contributed by atoms with Gasteiger partial charge in [0.05, 0.1) is 25.6 Å². The Morgan fingerprint density at radius 3 is 1.91 bits per heavy atom. The van der Waals surface area contributed by atoms with Crippen LogP contribution < -0.4 is 15.2 Å². The van der Waals surface area contributed by atoms with Crippen LogP contribution in [0.25, 0.3) is 0 Å². The highest BCUT2D eigenvalue weighted by Crippen LogP contribution is 2.17. The van der Waals surface area contributed by atoms with Crippen LogP contribution in [0.4, 0.5) is 0 Å². The second kappa shape index (κ2) is 18.6. The lowest BCUT2D eigenvalue weighted by Crippen LogP contribution is -2.30. The second-order valence-corrected chi connectivity index (χ2v) is 11.4. The minimum Gasteiger partial charge on any atom is -0.493 e. The van der Waals surface area contributed by atoms with Gasteiger partial charge < -0.3 is 25.2 Å². The Morgan fingerprint density at radius 1 is 0.837 bits per heavy atom. The molecule has 1 saturated carbocycles. The Balaban J connectivity index is 0.000000633. The van der Waals surface area contributed by atoms with Gasteiger partial charge in [-0.25, -0.2) is 0 Å². The molecule has 43 heavy (non-hydrogen) atoms. The summed E-state index contributed by atoms with van der Waals surface area (Å²) < 4.78 is 11.5. The largest absolute Gasteiger partial charge is 0.493 e. The molecule has 1 atom stereocenters. The molecule has 1 aliphatic carbocycles. The number of aliphatic carboxylic acids is 1. The normalized spacial score (nSPS) is 13.7. The molecular weight excluding hydrogens is 540 g/mol. The Labute approximate surface area is 257 Å². The van der Waals surface area contributed by atoms with Crippen molar-refractivity contribution >= 4 is 11.9 Å². The van der Waals surface area contributed by atoms with Gasteiger partial charge in [-0.2, -0.15) is 0 Å². The van der Waals surface area contributed by atoms with E-state index in [0.29, 0.717) is 38.6 Å². The third kappa shape index (κ3) is 13.3. The summed E-state index contributed by atoms with van der Waals surface area (Å²) in [5, 5.41) is 9.01. The Morgan fingerprint density at radius 2 is 1.40 bits per heavy atom. The van der Waals surface area contributed by atoms with E-state index in [2.05, 4.69) is 12.1 Å². The van der Waals surface area contributed by atoms with Crippen LogP contribution >= 0.6 is 0 Å². The number of hydrogen-bond donors (Lipinski definition) is 2. The van der Waals surface area contributed by atoms with Crippen molar-refractivity contribution in [2.24, 2.45) is 11.7 Å². The zero-order valence-electron chi connectivity index (χ0n) is 25.8. The minimum atomic E-state index is -0.791. The maximum absolute atomic E-state index is 12.5. The van der Waals surface area contributed by atoms with Gasteiger partial charge >= 0.3 is 5.97 Å². The lowest BCUT2D eigenvalue weighted by molar-refractivity contribution is -0.141. The number of nitrogens with zero attached hydrogens (tertiary/aromatic N) is 1. The van der Waals surface area contributed by atoms with Crippen molar-refractivity contribution in [1.82, 2.24) is 4.90 Å². The predicted molar refractivity (Wildman–Crippen MR) is 172 cm³/mol. The maximum atomic E-state index is 12.5. The molecule has 0 bridgehead atoms. The van der Waals surface area contributed by atoms with E-state index in [4.69, 9.17) is 20.3 Å². The van der Waals surface area contributed by atoms with Gasteiger partial charge in [0.1, 0.15) is 11.5 Å². The van der Waals surface area contributed by atoms with E-state index < -0.39 is 11.9 Å². The summed E-state index contributed by atoms with van der Waals surface area (Å²) in [5.74, 6) is 0.418.